The Bertz CT molecular complexity index is 131. The Hall–Kier alpha value is 0.180. The van der Waals surface area contributed by atoms with Gasteiger partial charge in [-0.25, -0.2) is 0 Å². The van der Waals surface area contributed by atoms with Gasteiger partial charge in [0.1, 0.15) is 0 Å². The fourth-order valence-electron chi connectivity index (χ4n) is 1.33. The molecule has 0 spiro atoms. The van der Waals surface area contributed by atoms with Gasteiger partial charge in [-0.15, -0.1) is 10.7 Å². The normalized spacial score (nSPS) is 30.4. The largest absolute Gasteiger partial charge is 0.259 e. The van der Waals surface area contributed by atoms with Gasteiger partial charge < -0.3 is 0 Å². The minimum atomic E-state index is 0.495. The summed E-state index contributed by atoms with van der Waals surface area (Å²) in [5.74, 6) is 1.40. The molecule has 0 amide bonds. The van der Waals surface area contributed by atoms with Crippen LogP contribution in [0.1, 0.15) is 26.2 Å². The molecular formula is C8H17NS. The first kappa shape index (κ1) is 8.28. The lowest BCUT2D eigenvalue weighted by Gasteiger charge is -2.17. The van der Waals surface area contributed by atoms with Gasteiger partial charge in [-0.2, -0.15) is 0 Å². The van der Waals surface area contributed by atoms with Crippen molar-refractivity contribution < 1.29 is 0 Å². The molecule has 0 radical (unpaired) electrons. The molecule has 1 fully saturated rings. The van der Waals surface area contributed by atoms with Gasteiger partial charge in [-0.1, -0.05) is 11.8 Å². The van der Waals surface area contributed by atoms with E-state index in [0.717, 1.165) is 0 Å². The average molecular weight is 159 g/mol. The molecule has 10 heavy (non-hydrogen) atoms. The van der Waals surface area contributed by atoms with E-state index in [9.17, 15) is 0 Å². The zero-order chi connectivity index (χ0) is 7.40. The molecule has 2 heteroatoms. The summed E-state index contributed by atoms with van der Waals surface area (Å²) in [6, 6.07) is 0. The van der Waals surface area contributed by atoms with E-state index in [1.807, 2.05) is 0 Å². The fourth-order valence-corrected chi connectivity index (χ4v) is 3.10. The highest BCUT2D eigenvalue weighted by molar-refractivity contribution is 8.12. The molecule has 0 bridgehead atoms. The molecule has 1 unspecified atom stereocenters. The van der Waals surface area contributed by atoms with E-state index in [4.69, 9.17) is 0 Å². The molecule has 0 aromatic heterocycles. The van der Waals surface area contributed by atoms with Crippen molar-refractivity contribution in [3.05, 3.63) is 0 Å². The van der Waals surface area contributed by atoms with Crippen molar-refractivity contribution >= 4 is 16.0 Å². The van der Waals surface area contributed by atoms with Gasteiger partial charge in [-0.3, -0.25) is 4.31 Å². The Kier molecular flexibility index (Phi) is 3.43. The van der Waals surface area contributed by atoms with Crippen LogP contribution in [0, 0.1) is 0 Å². The molecule has 1 rings (SSSR count). The maximum Gasteiger partial charge on any atom is 0.00814 e. The van der Waals surface area contributed by atoms with Crippen molar-refractivity contribution in [2.75, 3.05) is 19.3 Å². The molecule has 1 heterocycles. The van der Waals surface area contributed by atoms with Gasteiger partial charge in [-0.05, 0) is 26.8 Å². The molecule has 1 atom stereocenters. The highest BCUT2D eigenvalue weighted by atomic mass is 32.2. The summed E-state index contributed by atoms with van der Waals surface area (Å²) >= 11 is 0. The lowest BCUT2D eigenvalue weighted by molar-refractivity contribution is 0.541. The zero-order valence-corrected chi connectivity index (χ0v) is 7.78. The summed E-state index contributed by atoms with van der Waals surface area (Å²) in [5, 5.41) is 2.35. The first-order chi connectivity index (χ1) is 4.84. The second kappa shape index (κ2) is 4.14. The third-order valence-corrected chi connectivity index (χ3v) is 4.23. The van der Waals surface area contributed by atoms with Crippen molar-refractivity contribution in [1.29, 1.82) is 0 Å². The lowest BCUT2D eigenvalue weighted by Crippen LogP contribution is -2.12. The van der Waals surface area contributed by atoms with Crippen LogP contribution in [0.5, 0.6) is 0 Å². The van der Waals surface area contributed by atoms with Crippen molar-refractivity contribution in [3.63, 3.8) is 0 Å². The summed E-state index contributed by atoms with van der Waals surface area (Å²) in [5.41, 5.74) is 0. The third-order valence-electron chi connectivity index (χ3n) is 2.00. The topological polar surface area (TPSA) is 3.24 Å². The summed E-state index contributed by atoms with van der Waals surface area (Å²) in [4.78, 5) is 0. The van der Waals surface area contributed by atoms with E-state index in [1.165, 1.54) is 31.6 Å². The van der Waals surface area contributed by atoms with Crippen LogP contribution in [0.15, 0.2) is 0 Å². The molecule has 0 saturated carbocycles. The molecule has 60 valence electrons. The molecule has 1 aliphatic heterocycles. The van der Waals surface area contributed by atoms with Gasteiger partial charge in [0.25, 0.3) is 0 Å². The standard InChI is InChI=1S/C8H17NS/c1-3-10-8-6-4-5-7-9(10)2/h3H,4-8H2,1-2H3. The van der Waals surface area contributed by atoms with Gasteiger partial charge in [0.15, 0.2) is 0 Å². The summed E-state index contributed by atoms with van der Waals surface area (Å²) in [6.45, 7) is 3.48. The van der Waals surface area contributed by atoms with Crippen LogP contribution < -0.4 is 0 Å². The molecule has 0 aromatic rings. The second-order valence-electron chi connectivity index (χ2n) is 2.75. The predicted octanol–water partition coefficient (Wildman–Crippen LogP) is 2.11. The molecular weight excluding hydrogens is 142 g/mol. The first-order valence-corrected chi connectivity index (χ1v) is 5.46. The molecule has 0 aliphatic carbocycles. The van der Waals surface area contributed by atoms with Gasteiger partial charge in [0.2, 0.25) is 0 Å². The van der Waals surface area contributed by atoms with E-state index in [1.54, 1.807) is 0 Å². The first-order valence-electron chi connectivity index (χ1n) is 4.05. The monoisotopic (exact) mass is 159 g/mol. The molecule has 1 aliphatic rings. The molecule has 1 saturated heterocycles. The minimum Gasteiger partial charge on any atom is -0.259 e. The Morgan fingerprint density at radius 1 is 1.30 bits per heavy atom. The van der Waals surface area contributed by atoms with Crippen molar-refractivity contribution in [1.82, 2.24) is 4.31 Å². The highest BCUT2D eigenvalue weighted by Gasteiger charge is 2.06. The van der Waals surface area contributed by atoms with Crippen LogP contribution in [0.25, 0.3) is 0 Å². The van der Waals surface area contributed by atoms with Crippen molar-refractivity contribution in [2.24, 2.45) is 0 Å². The Morgan fingerprint density at radius 2 is 2.10 bits per heavy atom. The molecule has 0 N–H and O–H groups in total. The Labute approximate surface area is 66.5 Å². The fraction of sp³-hybridized carbons (Fsp3) is 0.875. The minimum absolute atomic E-state index is 0.495. The van der Waals surface area contributed by atoms with Gasteiger partial charge in [0.05, 0.1) is 0 Å². The van der Waals surface area contributed by atoms with Gasteiger partial charge >= 0.3 is 0 Å². The van der Waals surface area contributed by atoms with E-state index >= 15 is 0 Å². The van der Waals surface area contributed by atoms with Crippen molar-refractivity contribution in [3.8, 4) is 0 Å². The maximum absolute atomic E-state index is 2.49. The van der Waals surface area contributed by atoms with E-state index in [2.05, 4.69) is 23.6 Å². The third kappa shape index (κ3) is 2.10. The van der Waals surface area contributed by atoms with Gasteiger partial charge in [0, 0.05) is 12.3 Å². The summed E-state index contributed by atoms with van der Waals surface area (Å²) < 4.78 is 2.49. The quantitative estimate of drug-likeness (QED) is 0.489. The smallest absolute Gasteiger partial charge is 0.00814 e. The van der Waals surface area contributed by atoms with Crippen LogP contribution in [-0.2, 0) is 0 Å². The van der Waals surface area contributed by atoms with Crippen LogP contribution in [-0.4, -0.2) is 29.0 Å². The van der Waals surface area contributed by atoms with Crippen LogP contribution in [0.4, 0.5) is 0 Å². The Morgan fingerprint density at radius 3 is 2.80 bits per heavy atom. The van der Waals surface area contributed by atoms with E-state index < -0.39 is 0 Å². The molecule has 1 nitrogen and oxygen atoms in total. The second-order valence-corrected chi connectivity index (χ2v) is 5.06. The number of rotatable bonds is 0. The van der Waals surface area contributed by atoms with Crippen molar-refractivity contribution in [2.45, 2.75) is 26.2 Å². The van der Waals surface area contributed by atoms with Crippen LogP contribution >= 0.6 is 10.7 Å². The predicted molar refractivity (Wildman–Crippen MR) is 50.7 cm³/mol. The highest BCUT2D eigenvalue weighted by Crippen LogP contribution is 2.23. The Balaban J connectivity index is 2.52. The number of hydrogen-bond acceptors (Lipinski definition) is 1. The van der Waals surface area contributed by atoms with E-state index in [0.29, 0.717) is 10.7 Å². The van der Waals surface area contributed by atoms with Crippen LogP contribution in [0.2, 0.25) is 0 Å². The summed E-state index contributed by atoms with van der Waals surface area (Å²) in [6.07, 6.45) is 4.26. The summed E-state index contributed by atoms with van der Waals surface area (Å²) in [7, 11) is 2.74. The maximum atomic E-state index is 2.49. The zero-order valence-electron chi connectivity index (χ0n) is 6.97. The van der Waals surface area contributed by atoms with E-state index in [-0.39, 0.29) is 0 Å². The average Bonchev–Trinajstić information content (AvgIpc) is 2.13. The SMILES string of the molecule is C/C=S1/CCCCCN1C. The van der Waals surface area contributed by atoms with Crippen LogP contribution in [0.3, 0.4) is 0 Å². The molecule has 0 aromatic carbocycles. The number of nitrogens with zero attached hydrogens (tertiary/aromatic N) is 1. The lowest BCUT2D eigenvalue weighted by atomic mass is 10.2. The number of hydrogen-bond donors (Lipinski definition) is 0.